The van der Waals surface area contributed by atoms with E-state index in [-0.39, 0.29) is 12.1 Å². The van der Waals surface area contributed by atoms with E-state index in [1.54, 1.807) is 13.3 Å². The fourth-order valence-electron chi connectivity index (χ4n) is 5.67. The number of hydrogen-bond acceptors (Lipinski definition) is 6. The van der Waals surface area contributed by atoms with Crippen molar-refractivity contribution in [3.05, 3.63) is 76.5 Å². The number of anilines is 1. The van der Waals surface area contributed by atoms with Gasteiger partial charge >= 0.3 is 6.03 Å². The first-order valence-electron chi connectivity index (χ1n) is 14.2. The van der Waals surface area contributed by atoms with E-state index in [1.807, 2.05) is 17.0 Å². The van der Waals surface area contributed by atoms with Crippen molar-refractivity contribution in [2.75, 3.05) is 38.6 Å². The van der Waals surface area contributed by atoms with Gasteiger partial charge in [0.15, 0.2) is 0 Å². The lowest BCUT2D eigenvalue weighted by Crippen LogP contribution is -2.52. The van der Waals surface area contributed by atoms with Crippen molar-refractivity contribution in [3.8, 4) is 5.88 Å². The van der Waals surface area contributed by atoms with Crippen LogP contribution in [0.4, 0.5) is 10.5 Å². The molecule has 2 aliphatic heterocycles. The van der Waals surface area contributed by atoms with Crippen LogP contribution in [0.3, 0.4) is 0 Å². The van der Waals surface area contributed by atoms with Gasteiger partial charge in [0.05, 0.1) is 12.8 Å². The topological polar surface area (TPSA) is 96.1 Å². The molecule has 0 saturated carbocycles. The first-order chi connectivity index (χ1) is 19.9. The number of rotatable bonds is 9. The third-order valence-electron chi connectivity index (χ3n) is 7.88. The summed E-state index contributed by atoms with van der Waals surface area (Å²) in [5.41, 5.74) is 12.9. The van der Waals surface area contributed by atoms with E-state index < -0.39 is 0 Å². The molecular formula is C31H40N6O2P2. The number of methoxy groups -OCH3 is 1. The number of benzene rings is 2. The van der Waals surface area contributed by atoms with Gasteiger partial charge in [-0.1, -0.05) is 12.1 Å². The minimum absolute atomic E-state index is 0.0215. The highest BCUT2D eigenvalue weighted by Gasteiger charge is 2.33. The van der Waals surface area contributed by atoms with Gasteiger partial charge in [0, 0.05) is 61.3 Å². The van der Waals surface area contributed by atoms with Gasteiger partial charge in [-0.05, 0) is 90.8 Å². The first-order valence-corrected chi connectivity index (χ1v) is 15.3. The SMILES string of the molecule is COc1ccc(C(=NCCCN)c2cc3c(cc2C)NC(=O)N([C@H]2CCCN(Cc4ccc(P)cc4P)C2)C3)cn1. The van der Waals surface area contributed by atoms with E-state index >= 15 is 0 Å². The van der Waals surface area contributed by atoms with Crippen molar-refractivity contribution in [2.24, 2.45) is 10.7 Å². The number of nitrogens with zero attached hydrogens (tertiary/aromatic N) is 4. The number of piperidine rings is 1. The molecular weight excluding hydrogens is 550 g/mol. The van der Waals surface area contributed by atoms with Gasteiger partial charge in [0.2, 0.25) is 5.88 Å². The second-order valence-corrected chi connectivity index (χ2v) is 12.1. The molecule has 3 N–H and O–H groups in total. The molecule has 8 nitrogen and oxygen atoms in total. The third-order valence-corrected chi connectivity index (χ3v) is 8.78. The van der Waals surface area contributed by atoms with Crippen LogP contribution < -0.4 is 26.4 Å². The average molecular weight is 591 g/mol. The summed E-state index contributed by atoms with van der Waals surface area (Å²) < 4.78 is 5.26. The number of carbonyl (C=O) groups excluding carboxylic acids is 1. The van der Waals surface area contributed by atoms with Crippen molar-refractivity contribution >= 4 is 46.5 Å². The molecule has 0 aliphatic carbocycles. The molecule has 0 radical (unpaired) electrons. The largest absolute Gasteiger partial charge is 0.481 e. The van der Waals surface area contributed by atoms with Gasteiger partial charge < -0.3 is 20.7 Å². The van der Waals surface area contributed by atoms with Crippen LogP contribution >= 0.6 is 18.5 Å². The van der Waals surface area contributed by atoms with Crippen molar-refractivity contribution < 1.29 is 9.53 Å². The number of nitrogens with one attached hydrogen (secondary N) is 1. The van der Waals surface area contributed by atoms with E-state index in [0.29, 0.717) is 25.5 Å². The van der Waals surface area contributed by atoms with Crippen molar-refractivity contribution in [2.45, 2.75) is 45.3 Å². The van der Waals surface area contributed by atoms with Crippen molar-refractivity contribution in [1.29, 1.82) is 0 Å². The number of ether oxygens (including phenoxy) is 1. The Labute approximate surface area is 247 Å². The second kappa shape index (κ2) is 13.4. The summed E-state index contributed by atoms with van der Waals surface area (Å²) >= 11 is 0. The molecule has 10 heteroatoms. The average Bonchev–Trinajstić information content (AvgIpc) is 2.97. The number of hydrogen-bond donors (Lipinski definition) is 2. The quantitative estimate of drug-likeness (QED) is 0.226. The Morgan fingerprint density at radius 1 is 1.22 bits per heavy atom. The number of amides is 2. The Bertz CT molecular complexity index is 1430. The van der Waals surface area contributed by atoms with Gasteiger partial charge in [0.1, 0.15) is 0 Å². The summed E-state index contributed by atoms with van der Waals surface area (Å²) in [4.78, 5) is 27.2. The smallest absolute Gasteiger partial charge is 0.322 e. The fourth-order valence-corrected chi connectivity index (χ4v) is 6.52. The molecule has 2 aromatic carbocycles. The van der Waals surface area contributed by atoms with Crippen LogP contribution in [0.25, 0.3) is 0 Å². The molecule has 1 fully saturated rings. The number of aromatic nitrogens is 1. The van der Waals surface area contributed by atoms with Crippen LogP contribution in [-0.4, -0.2) is 65.9 Å². The molecule has 216 valence electrons. The standard InChI is InChI=1S/C31H40N6O2P2/c1-20-13-27-23(14-26(20)30(33-11-4-10-32)21-7-9-29(39-2)34-16-21)18-37(31(38)35-27)24-5-3-12-36(19-24)17-22-6-8-25(40)15-28(22)41/h6-9,13-16,24H,3-5,10-12,17-19,32,40-41H2,1-2H3,(H,35,38)/t24-/m0/s1. The molecule has 2 unspecified atom stereocenters. The monoisotopic (exact) mass is 590 g/mol. The predicted molar refractivity (Wildman–Crippen MR) is 174 cm³/mol. The van der Waals surface area contributed by atoms with Gasteiger partial charge in [0.25, 0.3) is 0 Å². The molecule has 41 heavy (non-hydrogen) atoms. The zero-order valence-corrected chi connectivity index (χ0v) is 26.2. The highest BCUT2D eigenvalue weighted by atomic mass is 31.0. The van der Waals surface area contributed by atoms with E-state index in [2.05, 4.69) is 70.9 Å². The number of likely N-dealkylation sites (tertiary alicyclic amines) is 1. The van der Waals surface area contributed by atoms with E-state index in [9.17, 15) is 4.79 Å². The molecule has 5 rings (SSSR count). The second-order valence-electron chi connectivity index (χ2n) is 10.8. The Balaban J connectivity index is 1.39. The summed E-state index contributed by atoms with van der Waals surface area (Å²) in [5.74, 6) is 0.562. The molecule has 3 aromatic rings. The Morgan fingerprint density at radius 2 is 2.07 bits per heavy atom. The number of fused-ring (bicyclic) bond motifs is 1. The molecule has 2 aliphatic rings. The number of aryl methyl sites for hydroxylation is 1. The number of nitrogens with two attached hydrogens (primary N) is 1. The number of aliphatic imine (C=N–C) groups is 1. The molecule has 1 aromatic heterocycles. The molecule has 0 spiro atoms. The molecule has 3 atom stereocenters. The van der Waals surface area contributed by atoms with Gasteiger partial charge in [-0.3, -0.25) is 9.89 Å². The summed E-state index contributed by atoms with van der Waals surface area (Å²) in [6, 6.07) is 14.7. The van der Waals surface area contributed by atoms with E-state index in [0.717, 1.165) is 72.5 Å². The van der Waals surface area contributed by atoms with Crippen LogP contribution in [0, 0.1) is 6.92 Å². The number of urea groups is 1. The Hall–Kier alpha value is -2.89. The minimum Gasteiger partial charge on any atom is -0.481 e. The number of carbonyl (C=O) groups is 1. The lowest BCUT2D eigenvalue weighted by Gasteiger charge is -2.41. The maximum absolute atomic E-state index is 13.3. The lowest BCUT2D eigenvalue weighted by atomic mass is 9.94. The molecule has 0 bridgehead atoms. The fraction of sp³-hybridized carbons (Fsp3) is 0.387. The maximum atomic E-state index is 13.3. The lowest BCUT2D eigenvalue weighted by molar-refractivity contribution is 0.108. The third kappa shape index (κ3) is 6.95. The maximum Gasteiger partial charge on any atom is 0.322 e. The summed E-state index contributed by atoms with van der Waals surface area (Å²) in [6.07, 6.45) is 4.67. The zero-order chi connectivity index (χ0) is 28.9. The summed E-state index contributed by atoms with van der Waals surface area (Å²) in [5, 5.41) is 5.59. The highest BCUT2D eigenvalue weighted by Crippen LogP contribution is 2.31. The van der Waals surface area contributed by atoms with Crippen LogP contribution in [0.1, 0.15) is 47.1 Å². The highest BCUT2D eigenvalue weighted by molar-refractivity contribution is 7.29. The van der Waals surface area contributed by atoms with Crippen LogP contribution in [0.5, 0.6) is 5.88 Å². The van der Waals surface area contributed by atoms with Gasteiger partial charge in [-0.25, -0.2) is 9.78 Å². The normalized spacial score (nSPS) is 17.8. The summed E-state index contributed by atoms with van der Waals surface area (Å²) in [7, 11) is 7.23. The Morgan fingerprint density at radius 3 is 2.80 bits per heavy atom. The summed E-state index contributed by atoms with van der Waals surface area (Å²) in [6.45, 7) is 6.63. The Kier molecular flexibility index (Phi) is 9.67. The van der Waals surface area contributed by atoms with Crippen molar-refractivity contribution in [1.82, 2.24) is 14.8 Å². The molecule has 2 amide bonds. The molecule has 1 saturated heterocycles. The predicted octanol–water partition coefficient (Wildman–Crippen LogP) is 3.60. The minimum atomic E-state index is -0.0215. The molecule has 3 heterocycles. The zero-order valence-electron chi connectivity index (χ0n) is 23.9. The first kappa shape index (κ1) is 29.6. The van der Waals surface area contributed by atoms with Gasteiger partial charge in [-0.15, -0.1) is 18.5 Å². The van der Waals surface area contributed by atoms with Crippen LogP contribution in [0.15, 0.2) is 53.7 Å². The van der Waals surface area contributed by atoms with Crippen LogP contribution in [0.2, 0.25) is 0 Å². The number of pyridine rings is 1. The van der Waals surface area contributed by atoms with Crippen molar-refractivity contribution in [3.63, 3.8) is 0 Å². The van der Waals surface area contributed by atoms with E-state index in [4.69, 9.17) is 15.5 Å². The van der Waals surface area contributed by atoms with Crippen LogP contribution in [-0.2, 0) is 13.1 Å². The van der Waals surface area contributed by atoms with Gasteiger partial charge in [-0.2, -0.15) is 0 Å². The van der Waals surface area contributed by atoms with E-state index in [1.165, 1.54) is 16.2 Å².